The molecule has 0 amide bonds. The number of nitrogens with one attached hydrogen (secondary N) is 2. The molecular formula is C17H35N3O. The van der Waals surface area contributed by atoms with Crippen LogP contribution in [0.3, 0.4) is 0 Å². The molecule has 0 radical (unpaired) electrons. The Morgan fingerprint density at radius 1 is 1.10 bits per heavy atom. The molecule has 0 saturated heterocycles. The van der Waals surface area contributed by atoms with Crippen LogP contribution in [0, 0.1) is 5.41 Å². The topological polar surface area (TPSA) is 45.7 Å². The lowest BCUT2D eigenvalue weighted by Crippen LogP contribution is -2.38. The number of methoxy groups -OCH3 is 1. The number of hydrogen-bond acceptors (Lipinski definition) is 2. The Balaban J connectivity index is 2.32. The second kappa shape index (κ2) is 10.9. The van der Waals surface area contributed by atoms with Gasteiger partial charge in [0.15, 0.2) is 5.96 Å². The number of rotatable bonds is 10. The van der Waals surface area contributed by atoms with E-state index in [2.05, 4.69) is 24.5 Å². The van der Waals surface area contributed by atoms with E-state index in [1.165, 1.54) is 44.9 Å². The minimum absolute atomic E-state index is 0.473. The minimum Gasteiger partial charge on any atom is -0.385 e. The number of nitrogens with zero attached hydrogens (tertiary/aromatic N) is 1. The maximum Gasteiger partial charge on any atom is 0.191 e. The van der Waals surface area contributed by atoms with Crippen molar-refractivity contribution in [3.8, 4) is 0 Å². The number of hydrogen-bond donors (Lipinski definition) is 2. The van der Waals surface area contributed by atoms with Crippen molar-refractivity contribution in [3.05, 3.63) is 0 Å². The summed E-state index contributed by atoms with van der Waals surface area (Å²) in [6, 6.07) is 0. The van der Waals surface area contributed by atoms with Crippen LogP contribution in [0.15, 0.2) is 4.99 Å². The molecule has 1 saturated carbocycles. The van der Waals surface area contributed by atoms with Gasteiger partial charge in [0.05, 0.1) is 0 Å². The third-order valence-corrected chi connectivity index (χ3v) is 4.65. The van der Waals surface area contributed by atoms with Gasteiger partial charge in [0.1, 0.15) is 0 Å². The van der Waals surface area contributed by atoms with Gasteiger partial charge in [0.25, 0.3) is 0 Å². The average Bonchev–Trinajstić information content (AvgIpc) is 2.97. The van der Waals surface area contributed by atoms with Gasteiger partial charge in [0.2, 0.25) is 0 Å². The van der Waals surface area contributed by atoms with Crippen molar-refractivity contribution in [2.45, 2.75) is 65.2 Å². The highest BCUT2D eigenvalue weighted by Crippen LogP contribution is 2.41. The van der Waals surface area contributed by atoms with Gasteiger partial charge < -0.3 is 15.4 Å². The van der Waals surface area contributed by atoms with Crippen LogP contribution in [0.25, 0.3) is 0 Å². The van der Waals surface area contributed by atoms with E-state index >= 15 is 0 Å². The van der Waals surface area contributed by atoms with Gasteiger partial charge >= 0.3 is 0 Å². The Labute approximate surface area is 131 Å². The highest BCUT2D eigenvalue weighted by Gasteiger charge is 2.31. The highest BCUT2D eigenvalue weighted by molar-refractivity contribution is 5.79. The summed E-state index contributed by atoms with van der Waals surface area (Å²) < 4.78 is 5.07. The Morgan fingerprint density at radius 2 is 1.86 bits per heavy atom. The summed E-state index contributed by atoms with van der Waals surface area (Å²) in [5, 5.41) is 6.83. The molecule has 0 aliphatic heterocycles. The van der Waals surface area contributed by atoms with Crippen LogP contribution in [0.1, 0.15) is 65.2 Å². The summed E-state index contributed by atoms with van der Waals surface area (Å²) >= 11 is 0. The first-order valence-corrected chi connectivity index (χ1v) is 8.77. The van der Waals surface area contributed by atoms with Crippen molar-refractivity contribution in [2.24, 2.45) is 10.4 Å². The molecule has 0 aromatic rings. The number of guanidine groups is 1. The smallest absolute Gasteiger partial charge is 0.191 e. The standard InChI is InChI=1S/C17H35N3O/c1-4-17(11-7-8-12-17)15-20-16(18-5-2)19-13-9-6-10-14-21-3/h4-15H2,1-3H3,(H2,18,19,20). The number of ether oxygens (including phenoxy) is 1. The lowest BCUT2D eigenvalue weighted by Gasteiger charge is -2.25. The molecule has 0 aromatic carbocycles. The second-order valence-corrected chi connectivity index (χ2v) is 6.24. The van der Waals surface area contributed by atoms with E-state index in [0.717, 1.165) is 38.6 Å². The van der Waals surface area contributed by atoms with E-state index in [1.54, 1.807) is 7.11 Å². The summed E-state index contributed by atoms with van der Waals surface area (Å²) in [5.74, 6) is 0.990. The molecular weight excluding hydrogens is 262 g/mol. The van der Waals surface area contributed by atoms with E-state index < -0.39 is 0 Å². The molecule has 0 unspecified atom stereocenters. The van der Waals surface area contributed by atoms with Gasteiger partial charge in [0, 0.05) is 33.4 Å². The third-order valence-electron chi connectivity index (χ3n) is 4.65. The Hall–Kier alpha value is -0.770. The zero-order valence-corrected chi connectivity index (χ0v) is 14.3. The fourth-order valence-electron chi connectivity index (χ4n) is 3.09. The predicted molar refractivity (Wildman–Crippen MR) is 90.9 cm³/mol. The largest absolute Gasteiger partial charge is 0.385 e. The fourth-order valence-corrected chi connectivity index (χ4v) is 3.09. The molecule has 4 heteroatoms. The van der Waals surface area contributed by atoms with E-state index in [9.17, 15) is 0 Å². The molecule has 4 nitrogen and oxygen atoms in total. The first-order chi connectivity index (χ1) is 10.3. The van der Waals surface area contributed by atoms with Crippen molar-refractivity contribution in [2.75, 3.05) is 33.4 Å². The maximum atomic E-state index is 5.07. The summed E-state index contributed by atoms with van der Waals surface area (Å²) in [7, 11) is 1.76. The molecule has 0 spiro atoms. The van der Waals surface area contributed by atoms with Crippen molar-refractivity contribution in [3.63, 3.8) is 0 Å². The second-order valence-electron chi connectivity index (χ2n) is 6.24. The van der Waals surface area contributed by atoms with E-state index in [4.69, 9.17) is 9.73 Å². The van der Waals surface area contributed by atoms with Crippen LogP contribution < -0.4 is 10.6 Å². The normalized spacial score (nSPS) is 18.0. The third kappa shape index (κ3) is 7.16. The van der Waals surface area contributed by atoms with Gasteiger partial charge in [-0.1, -0.05) is 19.8 Å². The average molecular weight is 297 g/mol. The van der Waals surface area contributed by atoms with Gasteiger partial charge in [-0.3, -0.25) is 4.99 Å². The summed E-state index contributed by atoms with van der Waals surface area (Å²) in [4.78, 5) is 4.84. The summed E-state index contributed by atoms with van der Waals surface area (Å²) in [6.07, 6.45) is 10.2. The molecule has 0 bridgehead atoms. The van der Waals surface area contributed by atoms with Gasteiger partial charge in [-0.15, -0.1) is 0 Å². The molecule has 0 atom stereocenters. The van der Waals surface area contributed by atoms with Crippen LogP contribution in [0.2, 0.25) is 0 Å². The van der Waals surface area contributed by atoms with Gasteiger partial charge in [-0.2, -0.15) is 0 Å². The highest BCUT2D eigenvalue weighted by atomic mass is 16.5. The molecule has 124 valence electrons. The lowest BCUT2D eigenvalue weighted by molar-refractivity contribution is 0.192. The first-order valence-electron chi connectivity index (χ1n) is 8.77. The van der Waals surface area contributed by atoms with E-state index in [-0.39, 0.29) is 0 Å². The molecule has 0 aromatic heterocycles. The van der Waals surface area contributed by atoms with Crippen molar-refractivity contribution >= 4 is 5.96 Å². The van der Waals surface area contributed by atoms with Crippen LogP contribution in [0.5, 0.6) is 0 Å². The Bertz CT molecular complexity index is 286. The van der Waals surface area contributed by atoms with Gasteiger partial charge in [-0.05, 0) is 50.9 Å². The minimum atomic E-state index is 0.473. The maximum absolute atomic E-state index is 5.07. The van der Waals surface area contributed by atoms with Crippen molar-refractivity contribution in [1.29, 1.82) is 0 Å². The summed E-state index contributed by atoms with van der Waals surface area (Å²) in [5.41, 5.74) is 0.473. The van der Waals surface area contributed by atoms with E-state index in [1.807, 2.05) is 0 Å². The van der Waals surface area contributed by atoms with Crippen LogP contribution in [-0.4, -0.2) is 39.3 Å². The predicted octanol–water partition coefficient (Wildman–Crippen LogP) is 3.33. The molecule has 2 N–H and O–H groups in total. The molecule has 1 fully saturated rings. The molecule has 0 heterocycles. The number of unbranched alkanes of at least 4 members (excludes halogenated alkanes) is 2. The van der Waals surface area contributed by atoms with Gasteiger partial charge in [-0.25, -0.2) is 0 Å². The number of aliphatic imine (C=N–C) groups is 1. The Kier molecular flexibility index (Phi) is 9.48. The molecule has 1 aliphatic carbocycles. The van der Waals surface area contributed by atoms with Crippen molar-refractivity contribution in [1.82, 2.24) is 10.6 Å². The van der Waals surface area contributed by atoms with Crippen LogP contribution in [0.4, 0.5) is 0 Å². The summed E-state index contributed by atoms with van der Waals surface area (Å²) in [6.45, 7) is 8.21. The molecule has 21 heavy (non-hydrogen) atoms. The molecule has 1 rings (SSSR count). The van der Waals surface area contributed by atoms with Crippen LogP contribution in [-0.2, 0) is 4.74 Å². The SMILES string of the molecule is CCNC(=NCC1(CC)CCCC1)NCCCCCOC. The fraction of sp³-hybridized carbons (Fsp3) is 0.941. The van der Waals surface area contributed by atoms with Crippen LogP contribution >= 0.6 is 0 Å². The first kappa shape index (κ1) is 18.3. The Morgan fingerprint density at radius 3 is 2.48 bits per heavy atom. The quantitative estimate of drug-likeness (QED) is 0.369. The zero-order chi connectivity index (χ0) is 15.4. The lowest BCUT2D eigenvalue weighted by atomic mass is 9.84. The van der Waals surface area contributed by atoms with E-state index in [0.29, 0.717) is 5.41 Å². The monoisotopic (exact) mass is 297 g/mol. The zero-order valence-electron chi connectivity index (χ0n) is 14.3. The molecule has 1 aliphatic rings. The van der Waals surface area contributed by atoms with Crippen molar-refractivity contribution < 1.29 is 4.74 Å².